The molecule has 1 saturated heterocycles. The van der Waals surface area contributed by atoms with Gasteiger partial charge in [-0.25, -0.2) is 4.79 Å². The number of nitro benzene ring substituents is 1. The molecule has 0 N–H and O–H groups in total. The van der Waals surface area contributed by atoms with Crippen molar-refractivity contribution in [2.45, 2.75) is 26.4 Å². The first kappa shape index (κ1) is 24.3. The van der Waals surface area contributed by atoms with E-state index < -0.39 is 16.5 Å². The van der Waals surface area contributed by atoms with E-state index in [9.17, 15) is 19.7 Å². The number of nitro groups is 1. The van der Waals surface area contributed by atoms with Crippen LogP contribution in [-0.4, -0.2) is 60.1 Å². The van der Waals surface area contributed by atoms with Gasteiger partial charge < -0.3 is 19.3 Å². The number of hydrogen-bond acceptors (Lipinski definition) is 7. The van der Waals surface area contributed by atoms with Crippen molar-refractivity contribution < 1.29 is 24.0 Å². The third-order valence-corrected chi connectivity index (χ3v) is 5.54. The summed E-state index contributed by atoms with van der Waals surface area (Å²) in [4.78, 5) is 39.7. The summed E-state index contributed by atoms with van der Waals surface area (Å²) in [6.45, 7) is 6.83. The van der Waals surface area contributed by atoms with Gasteiger partial charge in [-0.15, -0.1) is 0 Å². The minimum Gasteiger partial charge on any atom is -0.478 e. The Morgan fingerprint density at radius 3 is 2.30 bits per heavy atom. The van der Waals surface area contributed by atoms with Crippen LogP contribution < -0.4 is 9.64 Å². The van der Waals surface area contributed by atoms with Gasteiger partial charge >= 0.3 is 5.97 Å². The Bertz CT molecular complexity index is 1030. The number of hydrogen-bond donors (Lipinski definition) is 0. The molecule has 1 aliphatic rings. The van der Waals surface area contributed by atoms with Crippen LogP contribution in [0, 0.1) is 10.1 Å². The summed E-state index contributed by atoms with van der Waals surface area (Å²) >= 11 is 5.90. The van der Waals surface area contributed by atoms with Crippen molar-refractivity contribution in [1.29, 1.82) is 0 Å². The average molecular weight is 476 g/mol. The van der Waals surface area contributed by atoms with Gasteiger partial charge in [0, 0.05) is 37.3 Å². The molecule has 0 spiro atoms. The van der Waals surface area contributed by atoms with E-state index in [4.69, 9.17) is 21.1 Å². The van der Waals surface area contributed by atoms with Gasteiger partial charge in [-0.2, -0.15) is 0 Å². The lowest BCUT2D eigenvalue weighted by atomic mass is 10.1. The minimum absolute atomic E-state index is 0.127. The van der Waals surface area contributed by atoms with Crippen LogP contribution >= 0.6 is 11.6 Å². The number of ether oxygens (including phenoxy) is 2. The zero-order valence-electron chi connectivity index (χ0n) is 18.7. The smallest absolute Gasteiger partial charge is 0.338 e. The van der Waals surface area contributed by atoms with E-state index in [0.29, 0.717) is 42.6 Å². The first-order chi connectivity index (χ1) is 15.6. The molecule has 33 heavy (non-hydrogen) atoms. The van der Waals surface area contributed by atoms with Crippen molar-refractivity contribution in [1.82, 2.24) is 4.90 Å². The second kappa shape index (κ2) is 10.1. The second-order valence-corrected chi connectivity index (χ2v) is 8.46. The third-order valence-electron chi connectivity index (χ3n) is 5.29. The van der Waals surface area contributed by atoms with Crippen LogP contribution in [0.15, 0.2) is 42.5 Å². The van der Waals surface area contributed by atoms with Gasteiger partial charge in [0.15, 0.2) is 5.60 Å². The van der Waals surface area contributed by atoms with Gasteiger partial charge in [-0.3, -0.25) is 14.9 Å². The SMILES string of the molecule is CCOC(=O)c1ccc(N2CCN(C(=O)C(C)(C)Oc3ccc(Cl)cc3)CC2)c([N+](=O)[O-])c1. The normalized spacial score (nSPS) is 14.1. The fraction of sp³-hybridized carbons (Fsp3) is 0.391. The number of carbonyl (C=O) groups excluding carboxylic acids is 2. The van der Waals surface area contributed by atoms with Gasteiger partial charge in [0.2, 0.25) is 0 Å². The summed E-state index contributed by atoms with van der Waals surface area (Å²) in [5.74, 6) is -0.247. The van der Waals surface area contributed by atoms with E-state index >= 15 is 0 Å². The Morgan fingerprint density at radius 2 is 1.73 bits per heavy atom. The highest BCUT2D eigenvalue weighted by Gasteiger charge is 2.36. The Kier molecular flexibility index (Phi) is 7.43. The molecule has 0 atom stereocenters. The first-order valence-corrected chi connectivity index (χ1v) is 10.9. The van der Waals surface area contributed by atoms with Gasteiger partial charge in [0.05, 0.1) is 17.1 Å². The van der Waals surface area contributed by atoms with Gasteiger partial charge in [-0.05, 0) is 57.2 Å². The number of carbonyl (C=O) groups is 2. The fourth-order valence-electron chi connectivity index (χ4n) is 3.65. The summed E-state index contributed by atoms with van der Waals surface area (Å²) in [6.07, 6.45) is 0. The van der Waals surface area contributed by atoms with Crippen LogP contribution in [0.25, 0.3) is 0 Å². The summed E-state index contributed by atoms with van der Waals surface area (Å²) in [7, 11) is 0. The lowest BCUT2D eigenvalue weighted by Gasteiger charge is -2.39. The van der Waals surface area contributed by atoms with Crippen LogP contribution in [-0.2, 0) is 9.53 Å². The minimum atomic E-state index is -1.09. The molecule has 0 bridgehead atoms. The van der Waals surface area contributed by atoms with Gasteiger partial charge in [-0.1, -0.05) is 11.6 Å². The summed E-state index contributed by atoms with van der Waals surface area (Å²) in [5, 5.41) is 12.2. The number of benzene rings is 2. The first-order valence-electron chi connectivity index (χ1n) is 10.6. The van der Waals surface area contributed by atoms with E-state index in [1.165, 1.54) is 12.1 Å². The highest BCUT2D eigenvalue weighted by atomic mass is 35.5. The highest BCUT2D eigenvalue weighted by molar-refractivity contribution is 6.30. The molecule has 1 fully saturated rings. The number of amides is 1. The van der Waals surface area contributed by atoms with E-state index in [0.717, 1.165) is 0 Å². The molecule has 2 aromatic carbocycles. The molecule has 0 aliphatic carbocycles. The Labute approximate surface area is 197 Å². The zero-order chi connectivity index (χ0) is 24.2. The van der Waals surface area contributed by atoms with Crippen LogP contribution in [0.1, 0.15) is 31.1 Å². The van der Waals surface area contributed by atoms with Gasteiger partial charge in [0.25, 0.3) is 11.6 Å². The molecule has 1 heterocycles. The van der Waals surface area contributed by atoms with Crippen molar-refractivity contribution in [3.63, 3.8) is 0 Å². The molecule has 0 aromatic heterocycles. The van der Waals surface area contributed by atoms with Crippen LogP contribution in [0.3, 0.4) is 0 Å². The van der Waals surface area contributed by atoms with E-state index in [1.54, 1.807) is 56.0 Å². The van der Waals surface area contributed by atoms with Gasteiger partial charge in [0.1, 0.15) is 11.4 Å². The quantitative estimate of drug-likeness (QED) is 0.339. The maximum absolute atomic E-state index is 13.1. The topological polar surface area (TPSA) is 102 Å². The Morgan fingerprint density at radius 1 is 1.09 bits per heavy atom. The largest absolute Gasteiger partial charge is 0.478 e. The standard InChI is InChI=1S/C23H26ClN3O6/c1-4-32-21(28)16-5-10-19(20(15-16)27(30)31)25-11-13-26(14-12-25)22(29)23(2,3)33-18-8-6-17(24)7-9-18/h5-10,15H,4,11-14H2,1-3H3. The Hall–Kier alpha value is -3.33. The Balaban J connectivity index is 1.68. The second-order valence-electron chi connectivity index (χ2n) is 8.03. The summed E-state index contributed by atoms with van der Waals surface area (Å²) in [5.41, 5.74) is -0.741. The molecular weight excluding hydrogens is 450 g/mol. The molecule has 3 rings (SSSR count). The lowest BCUT2D eigenvalue weighted by Crippen LogP contribution is -2.55. The molecular formula is C23H26ClN3O6. The fourth-order valence-corrected chi connectivity index (χ4v) is 3.78. The monoisotopic (exact) mass is 475 g/mol. The third kappa shape index (κ3) is 5.73. The van der Waals surface area contributed by atoms with Crippen molar-refractivity contribution >= 4 is 34.9 Å². The summed E-state index contributed by atoms with van der Waals surface area (Å²) in [6, 6.07) is 11.1. The number of esters is 1. The van der Waals surface area contributed by atoms with E-state index in [2.05, 4.69) is 0 Å². The number of halogens is 1. The zero-order valence-corrected chi connectivity index (χ0v) is 19.5. The maximum Gasteiger partial charge on any atom is 0.338 e. The van der Waals surface area contributed by atoms with Crippen molar-refractivity contribution in [2.24, 2.45) is 0 Å². The molecule has 0 radical (unpaired) electrons. The van der Waals surface area contributed by atoms with Crippen molar-refractivity contribution in [2.75, 3.05) is 37.7 Å². The van der Waals surface area contributed by atoms with Crippen LogP contribution in [0.2, 0.25) is 5.02 Å². The van der Waals surface area contributed by atoms with Crippen LogP contribution in [0.4, 0.5) is 11.4 Å². The number of anilines is 1. The molecule has 2 aromatic rings. The number of rotatable bonds is 7. The molecule has 0 unspecified atom stereocenters. The predicted octanol–water partition coefficient (Wildman–Crippen LogP) is 3.93. The number of piperazine rings is 1. The number of nitrogens with zero attached hydrogens (tertiary/aromatic N) is 3. The van der Waals surface area contributed by atoms with E-state index in [1.807, 2.05) is 4.90 Å². The van der Waals surface area contributed by atoms with Crippen molar-refractivity contribution in [3.8, 4) is 5.75 Å². The lowest BCUT2D eigenvalue weighted by molar-refractivity contribution is -0.384. The van der Waals surface area contributed by atoms with Crippen LogP contribution in [0.5, 0.6) is 5.75 Å². The summed E-state index contributed by atoms with van der Waals surface area (Å²) < 4.78 is 10.8. The van der Waals surface area contributed by atoms with Crippen molar-refractivity contribution in [3.05, 3.63) is 63.2 Å². The van der Waals surface area contributed by atoms with E-state index in [-0.39, 0.29) is 23.8 Å². The molecule has 0 saturated carbocycles. The average Bonchev–Trinajstić information content (AvgIpc) is 2.80. The molecule has 176 valence electrons. The maximum atomic E-state index is 13.1. The highest BCUT2D eigenvalue weighted by Crippen LogP contribution is 2.31. The molecule has 10 heteroatoms. The molecule has 1 aliphatic heterocycles. The molecule has 9 nitrogen and oxygen atoms in total. The molecule has 1 amide bonds. The predicted molar refractivity (Wildman–Crippen MR) is 124 cm³/mol.